The summed E-state index contributed by atoms with van der Waals surface area (Å²) in [6.45, 7) is 2.24. The number of aliphatic carboxylic acids is 1. The number of hydrogen-bond acceptors (Lipinski definition) is 5. The summed E-state index contributed by atoms with van der Waals surface area (Å²) in [5, 5.41) is 15.5. The average Bonchev–Trinajstić information content (AvgIpc) is 3.36. The lowest BCUT2D eigenvalue weighted by molar-refractivity contribution is -0.138. The van der Waals surface area contributed by atoms with Crippen LogP contribution in [0.15, 0.2) is 35.4 Å². The molecule has 0 saturated carbocycles. The first-order chi connectivity index (χ1) is 13.1. The summed E-state index contributed by atoms with van der Waals surface area (Å²) in [5.41, 5.74) is 1.04. The quantitative estimate of drug-likeness (QED) is 0.877. The van der Waals surface area contributed by atoms with Crippen molar-refractivity contribution in [3.8, 4) is 0 Å². The second-order valence-corrected chi connectivity index (χ2v) is 7.44. The van der Waals surface area contributed by atoms with Crippen molar-refractivity contribution >= 4 is 23.3 Å². The fraction of sp³-hybridized carbons (Fsp3) is 0.550. The van der Waals surface area contributed by atoms with Crippen LogP contribution in [0.2, 0.25) is 0 Å². The van der Waals surface area contributed by atoms with Crippen LogP contribution in [0, 0.1) is 5.92 Å². The molecule has 3 aliphatic heterocycles. The van der Waals surface area contributed by atoms with Gasteiger partial charge in [-0.15, -0.1) is 0 Å². The zero-order valence-electron chi connectivity index (χ0n) is 15.3. The number of para-hydroxylation sites is 1. The van der Waals surface area contributed by atoms with E-state index in [1.54, 1.807) is 0 Å². The van der Waals surface area contributed by atoms with Gasteiger partial charge in [0, 0.05) is 32.2 Å². The molecule has 7 heteroatoms. The van der Waals surface area contributed by atoms with Gasteiger partial charge in [0.2, 0.25) is 0 Å². The molecule has 1 N–H and O–H groups in total. The van der Waals surface area contributed by atoms with Crippen molar-refractivity contribution in [1.82, 2.24) is 4.90 Å². The smallest absolute Gasteiger partial charge is 0.328 e. The largest absolute Gasteiger partial charge is 0.480 e. The summed E-state index contributed by atoms with van der Waals surface area (Å²) in [4.78, 5) is 26.9. The molecule has 7 nitrogen and oxygen atoms in total. The van der Waals surface area contributed by atoms with Crippen molar-refractivity contribution in [2.75, 3.05) is 24.8 Å². The van der Waals surface area contributed by atoms with Crippen LogP contribution in [0.25, 0.3) is 0 Å². The molecule has 0 bridgehead atoms. The molecular formula is C20H25N3O4. The highest BCUT2D eigenvalue weighted by atomic mass is 16.5. The van der Waals surface area contributed by atoms with Crippen LogP contribution in [0.1, 0.15) is 32.1 Å². The fourth-order valence-corrected chi connectivity index (χ4v) is 4.45. The molecule has 2 saturated heterocycles. The van der Waals surface area contributed by atoms with Crippen LogP contribution in [-0.4, -0.2) is 59.4 Å². The van der Waals surface area contributed by atoms with Crippen LogP contribution < -0.4 is 5.01 Å². The fourth-order valence-electron chi connectivity index (χ4n) is 4.45. The van der Waals surface area contributed by atoms with E-state index in [0.29, 0.717) is 17.3 Å². The van der Waals surface area contributed by atoms with Gasteiger partial charge < -0.3 is 14.7 Å². The molecule has 1 amide bonds. The molecule has 0 aromatic heterocycles. The third kappa shape index (κ3) is 3.56. The maximum Gasteiger partial charge on any atom is 0.328 e. The Morgan fingerprint density at radius 3 is 2.56 bits per heavy atom. The summed E-state index contributed by atoms with van der Waals surface area (Å²) >= 11 is 0. The minimum Gasteiger partial charge on any atom is -0.480 e. The molecule has 2 fully saturated rings. The first-order valence-electron chi connectivity index (χ1n) is 9.68. The van der Waals surface area contributed by atoms with E-state index in [-0.39, 0.29) is 18.4 Å². The summed E-state index contributed by atoms with van der Waals surface area (Å²) in [5.74, 6) is -0.603. The molecule has 0 radical (unpaired) electrons. The lowest BCUT2D eigenvalue weighted by atomic mass is 9.90. The lowest BCUT2D eigenvalue weighted by Crippen LogP contribution is -2.45. The van der Waals surface area contributed by atoms with Gasteiger partial charge in [-0.25, -0.2) is 4.79 Å². The number of ether oxygens (including phenoxy) is 1. The number of amides is 1. The average molecular weight is 371 g/mol. The highest BCUT2D eigenvalue weighted by Gasteiger charge is 2.41. The number of carbonyl (C=O) groups is 2. The molecule has 1 aromatic carbocycles. The Kier molecular flexibility index (Phi) is 5.11. The van der Waals surface area contributed by atoms with E-state index < -0.39 is 12.0 Å². The van der Waals surface area contributed by atoms with E-state index >= 15 is 0 Å². The van der Waals surface area contributed by atoms with Crippen molar-refractivity contribution in [2.45, 2.75) is 44.2 Å². The molecule has 3 aliphatic rings. The number of carbonyl (C=O) groups excluding carboxylic acids is 1. The van der Waals surface area contributed by atoms with E-state index in [2.05, 4.69) is 5.10 Å². The monoisotopic (exact) mass is 371 g/mol. The predicted molar refractivity (Wildman–Crippen MR) is 101 cm³/mol. The Bertz CT molecular complexity index is 730. The number of carboxylic acids is 1. The molecule has 0 spiro atoms. The van der Waals surface area contributed by atoms with Crippen molar-refractivity contribution in [2.24, 2.45) is 11.0 Å². The van der Waals surface area contributed by atoms with Gasteiger partial charge in [-0.1, -0.05) is 18.2 Å². The molecule has 27 heavy (non-hydrogen) atoms. The minimum atomic E-state index is -0.965. The van der Waals surface area contributed by atoms with Gasteiger partial charge in [0.1, 0.15) is 5.71 Å². The number of carboxylic acid groups (broad SMARTS) is 1. The van der Waals surface area contributed by atoms with Gasteiger partial charge in [-0.3, -0.25) is 9.80 Å². The number of nitrogens with zero attached hydrogens (tertiary/aromatic N) is 3. The van der Waals surface area contributed by atoms with E-state index in [0.717, 1.165) is 45.4 Å². The highest BCUT2D eigenvalue weighted by molar-refractivity contribution is 6.40. The Labute approximate surface area is 158 Å². The van der Waals surface area contributed by atoms with E-state index in [9.17, 15) is 14.7 Å². The summed E-state index contributed by atoms with van der Waals surface area (Å²) in [6.07, 6.45) is 4.10. The predicted octanol–water partition coefficient (Wildman–Crippen LogP) is 2.12. The van der Waals surface area contributed by atoms with Crippen molar-refractivity contribution in [3.05, 3.63) is 30.3 Å². The summed E-state index contributed by atoms with van der Waals surface area (Å²) in [6, 6.07) is 8.55. The lowest BCUT2D eigenvalue weighted by Gasteiger charge is -2.34. The van der Waals surface area contributed by atoms with Gasteiger partial charge in [-0.05, 0) is 43.7 Å². The Morgan fingerprint density at radius 2 is 1.85 bits per heavy atom. The first-order valence-corrected chi connectivity index (χ1v) is 9.68. The second kappa shape index (κ2) is 7.68. The van der Waals surface area contributed by atoms with Gasteiger partial charge in [-0.2, -0.15) is 5.10 Å². The standard InChI is InChI=1S/C20H25N3O4/c24-19(22-10-4-7-17(22)14-8-11-27-12-9-14)16-13-18(20(25)26)23(21-16)15-5-2-1-3-6-15/h1-3,5-6,14,17-18H,4,7-13H2,(H,25,26). The van der Waals surface area contributed by atoms with E-state index in [1.807, 2.05) is 35.2 Å². The summed E-state index contributed by atoms with van der Waals surface area (Å²) in [7, 11) is 0. The van der Waals surface area contributed by atoms with Crippen LogP contribution in [0.4, 0.5) is 5.69 Å². The third-order valence-electron chi connectivity index (χ3n) is 5.83. The SMILES string of the molecule is O=C(O)C1CC(C(=O)N2CCCC2C2CCOCC2)=NN1c1ccccc1. The van der Waals surface area contributed by atoms with Gasteiger partial charge in [0.25, 0.3) is 5.91 Å². The molecule has 0 aliphatic carbocycles. The molecular weight excluding hydrogens is 346 g/mol. The summed E-state index contributed by atoms with van der Waals surface area (Å²) < 4.78 is 5.46. The minimum absolute atomic E-state index is 0.103. The maximum absolute atomic E-state index is 13.2. The third-order valence-corrected chi connectivity index (χ3v) is 5.83. The second-order valence-electron chi connectivity index (χ2n) is 7.44. The highest BCUT2D eigenvalue weighted by Crippen LogP contribution is 2.32. The maximum atomic E-state index is 13.2. The van der Waals surface area contributed by atoms with Crippen LogP contribution in [0.5, 0.6) is 0 Å². The number of hydrazone groups is 1. The molecule has 2 unspecified atom stereocenters. The number of likely N-dealkylation sites (tertiary alicyclic amines) is 1. The molecule has 144 valence electrons. The van der Waals surface area contributed by atoms with Crippen molar-refractivity contribution < 1.29 is 19.4 Å². The van der Waals surface area contributed by atoms with Gasteiger partial charge in [0.05, 0.1) is 5.69 Å². The normalized spacial score (nSPS) is 26.3. The van der Waals surface area contributed by atoms with Crippen LogP contribution in [-0.2, 0) is 14.3 Å². The van der Waals surface area contributed by atoms with Gasteiger partial charge >= 0.3 is 5.97 Å². The van der Waals surface area contributed by atoms with Gasteiger partial charge in [0.15, 0.2) is 6.04 Å². The number of anilines is 1. The van der Waals surface area contributed by atoms with Crippen LogP contribution in [0.3, 0.4) is 0 Å². The number of benzene rings is 1. The molecule has 1 aromatic rings. The van der Waals surface area contributed by atoms with Crippen molar-refractivity contribution in [3.63, 3.8) is 0 Å². The van der Waals surface area contributed by atoms with Crippen molar-refractivity contribution in [1.29, 1.82) is 0 Å². The van der Waals surface area contributed by atoms with E-state index in [1.165, 1.54) is 5.01 Å². The Hall–Kier alpha value is -2.41. The zero-order valence-corrected chi connectivity index (χ0v) is 15.3. The Morgan fingerprint density at radius 1 is 1.11 bits per heavy atom. The molecule has 2 atom stereocenters. The topological polar surface area (TPSA) is 82.4 Å². The molecule has 3 heterocycles. The first kappa shape index (κ1) is 18.0. The Balaban J connectivity index is 1.54. The zero-order chi connectivity index (χ0) is 18.8. The number of hydrogen-bond donors (Lipinski definition) is 1. The van der Waals surface area contributed by atoms with E-state index in [4.69, 9.17) is 4.74 Å². The number of rotatable bonds is 4. The van der Waals surface area contributed by atoms with Crippen LogP contribution >= 0.6 is 0 Å². The molecule has 4 rings (SSSR count).